The second kappa shape index (κ2) is 6.35. The Balaban J connectivity index is 2.68. The molecule has 0 spiro atoms. The number of aromatic nitrogens is 1. The normalized spacial score (nSPS) is 11.8. The van der Waals surface area contributed by atoms with Crippen LogP contribution in [0.4, 0.5) is 0 Å². The molecule has 0 aliphatic heterocycles. The molecule has 18 heavy (non-hydrogen) atoms. The quantitative estimate of drug-likeness (QED) is 0.839. The first-order chi connectivity index (χ1) is 8.45. The van der Waals surface area contributed by atoms with Crippen LogP contribution in [0.5, 0.6) is 0 Å². The fourth-order valence-corrected chi connectivity index (χ4v) is 1.55. The highest BCUT2D eigenvalue weighted by Gasteiger charge is 2.19. The SMILES string of the molecule is CCN(C)C(=O)C(C)NC(=O)c1ccnc(Cl)c1. The third kappa shape index (κ3) is 3.70. The van der Waals surface area contributed by atoms with E-state index in [-0.39, 0.29) is 17.0 Å². The number of amides is 2. The lowest BCUT2D eigenvalue weighted by Gasteiger charge is -2.20. The van der Waals surface area contributed by atoms with Gasteiger partial charge >= 0.3 is 0 Å². The highest BCUT2D eigenvalue weighted by atomic mass is 35.5. The van der Waals surface area contributed by atoms with E-state index < -0.39 is 6.04 Å². The smallest absolute Gasteiger partial charge is 0.252 e. The van der Waals surface area contributed by atoms with Gasteiger partial charge in [-0.2, -0.15) is 0 Å². The van der Waals surface area contributed by atoms with Gasteiger partial charge in [-0.05, 0) is 26.0 Å². The number of pyridine rings is 1. The molecular formula is C12H16ClN3O2. The van der Waals surface area contributed by atoms with Crippen LogP contribution in [0, 0.1) is 0 Å². The van der Waals surface area contributed by atoms with Gasteiger partial charge in [0.2, 0.25) is 5.91 Å². The molecule has 0 radical (unpaired) electrons. The van der Waals surface area contributed by atoms with Crippen LogP contribution in [0.25, 0.3) is 0 Å². The molecule has 1 aromatic heterocycles. The molecule has 6 heteroatoms. The van der Waals surface area contributed by atoms with Crippen molar-refractivity contribution in [3.05, 3.63) is 29.0 Å². The van der Waals surface area contributed by atoms with Gasteiger partial charge < -0.3 is 10.2 Å². The lowest BCUT2D eigenvalue weighted by atomic mass is 10.2. The van der Waals surface area contributed by atoms with Crippen molar-refractivity contribution in [3.8, 4) is 0 Å². The van der Waals surface area contributed by atoms with E-state index >= 15 is 0 Å². The first-order valence-electron chi connectivity index (χ1n) is 5.63. The van der Waals surface area contributed by atoms with E-state index in [1.807, 2.05) is 6.92 Å². The molecular weight excluding hydrogens is 254 g/mol. The van der Waals surface area contributed by atoms with Crippen LogP contribution in [0.1, 0.15) is 24.2 Å². The lowest BCUT2D eigenvalue weighted by Crippen LogP contribution is -2.45. The van der Waals surface area contributed by atoms with Gasteiger partial charge in [-0.3, -0.25) is 9.59 Å². The summed E-state index contributed by atoms with van der Waals surface area (Å²) in [6.07, 6.45) is 1.45. The van der Waals surface area contributed by atoms with Crippen molar-refractivity contribution in [2.45, 2.75) is 19.9 Å². The summed E-state index contributed by atoms with van der Waals surface area (Å²) in [6, 6.07) is 2.42. The number of carbonyl (C=O) groups excluding carboxylic acids is 2. The number of hydrogen-bond acceptors (Lipinski definition) is 3. The summed E-state index contributed by atoms with van der Waals surface area (Å²) < 4.78 is 0. The molecule has 1 N–H and O–H groups in total. The molecule has 0 aliphatic rings. The first kappa shape index (κ1) is 14.4. The van der Waals surface area contributed by atoms with E-state index in [0.29, 0.717) is 12.1 Å². The predicted molar refractivity (Wildman–Crippen MR) is 69.5 cm³/mol. The average molecular weight is 270 g/mol. The third-order valence-electron chi connectivity index (χ3n) is 2.56. The van der Waals surface area contributed by atoms with Gasteiger partial charge in [-0.25, -0.2) is 4.98 Å². The van der Waals surface area contributed by atoms with Gasteiger partial charge in [0.25, 0.3) is 5.91 Å². The molecule has 0 fully saturated rings. The van der Waals surface area contributed by atoms with Gasteiger partial charge in [0.1, 0.15) is 11.2 Å². The van der Waals surface area contributed by atoms with Crippen molar-refractivity contribution >= 4 is 23.4 Å². The first-order valence-corrected chi connectivity index (χ1v) is 6.01. The number of nitrogens with zero attached hydrogens (tertiary/aromatic N) is 2. The van der Waals surface area contributed by atoms with Crippen molar-refractivity contribution in [1.82, 2.24) is 15.2 Å². The molecule has 0 aliphatic carbocycles. The zero-order chi connectivity index (χ0) is 13.7. The maximum atomic E-state index is 11.9. The molecule has 1 heterocycles. The Labute approximate surface area is 111 Å². The molecule has 98 valence electrons. The third-order valence-corrected chi connectivity index (χ3v) is 2.76. The second-order valence-corrected chi connectivity index (χ2v) is 4.30. The Bertz CT molecular complexity index is 451. The van der Waals surface area contributed by atoms with Crippen molar-refractivity contribution in [3.63, 3.8) is 0 Å². The predicted octanol–water partition coefficient (Wildman–Crippen LogP) is 1.33. The van der Waals surface area contributed by atoms with Gasteiger partial charge in [-0.15, -0.1) is 0 Å². The van der Waals surface area contributed by atoms with Crippen LogP contribution in [0.2, 0.25) is 5.15 Å². The summed E-state index contributed by atoms with van der Waals surface area (Å²) in [7, 11) is 1.69. The zero-order valence-electron chi connectivity index (χ0n) is 10.6. The van der Waals surface area contributed by atoms with Crippen LogP contribution in [-0.4, -0.2) is 41.3 Å². The standard InChI is InChI=1S/C12H16ClN3O2/c1-4-16(3)12(18)8(2)15-11(17)9-5-6-14-10(13)7-9/h5-8H,4H2,1-3H3,(H,15,17). The molecule has 0 aromatic carbocycles. The maximum Gasteiger partial charge on any atom is 0.252 e. The van der Waals surface area contributed by atoms with Crippen LogP contribution >= 0.6 is 11.6 Å². The van der Waals surface area contributed by atoms with E-state index in [2.05, 4.69) is 10.3 Å². The fourth-order valence-electron chi connectivity index (χ4n) is 1.37. The molecule has 0 saturated carbocycles. The van der Waals surface area contributed by atoms with E-state index in [9.17, 15) is 9.59 Å². The number of rotatable bonds is 4. The Kier molecular flexibility index (Phi) is 5.09. The van der Waals surface area contributed by atoms with Crippen LogP contribution in [-0.2, 0) is 4.79 Å². The van der Waals surface area contributed by atoms with Gasteiger partial charge in [-0.1, -0.05) is 11.6 Å². The van der Waals surface area contributed by atoms with Crippen molar-refractivity contribution in [1.29, 1.82) is 0 Å². The molecule has 1 unspecified atom stereocenters. The van der Waals surface area contributed by atoms with Crippen molar-refractivity contribution in [2.75, 3.05) is 13.6 Å². The molecule has 1 atom stereocenters. The Hall–Kier alpha value is -1.62. The summed E-state index contributed by atoms with van der Waals surface area (Å²) in [5, 5.41) is 2.86. The summed E-state index contributed by atoms with van der Waals surface area (Å²) in [6.45, 7) is 4.12. The summed E-state index contributed by atoms with van der Waals surface area (Å²) >= 11 is 5.69. The Morgan fingerprint density at radius 2 is 2.22 bits per heavy atom. The molecule has 1 rings (SSSR count). The number of halogens is 1. The molecule has 5 nitrogen and oxygen atoms in total. The van der Waals surface area contributed by atoms with Crippen LogP contribution in [0.3, 0.4) is 0 Å². The topological polar surface area (TPSA) is 62.3 Å². The number of nitrogens with one attached hydrogen (secondary N) is 1. The van der Waals surface area contributed by atoms with Crippen molar-refractivity contribution in [2.24, 2.45) is 0 Å². The van der Waals surface area contributed by atoms with E-state index in [1.54, 1.807) is 24.9 Å². The van der Waals surface area contributed by atoms with Crippen LogP contribution < -0.4 is 5.32 Å². The van der Waals surface area contributed by atoms with E-state index in [4.69, 9.17) is 11.6 Å². The minimum Gasteiger partial charge on any atom is -0.344 e. The zero-order valence-corrected chi connectivity index (χ0v) is 11.4. The molecule has 1 aromatic rings. The summed E-state index contributed by atoms with van der Waals surface area (Å²) in [5.41, 5.74) is 0.383. The fraction of sp³-hybridized carbons (Fsp3) is 0.417. The summed E-state index contributed by atoms with van der Waals surface area (Å²) in [4.78, 5) is 29.0. The molecule has 0 bridgehead atoms. The minimum atomic E-state index is -0.575. The number of hydrogen-bond donors (Lipinski definition) is 1. The van der Waals surface area contributed by atoms with E-state index in [0.717, 1.165) is 0 Å². The molecule has 2 amide bonds. The van der Waals surface area contributed by atoms with Gasteiger partial charge in [0.15, 0.2) is 0 Å². The van der Waals surface area contributed by atoms with Gasteiger partial charge in [0, 0.05) is 25.4 Å². The van der Waals surface area contributed by atoms with Gasteiger partial charge in [0.05, 0.1) is 0 Å². The van der Waals surface area contributed by atoms with Crippen LogP contribution in [0.15, 0.2) is 18.3 Å². The monoisotopic (exact) mass is 269 g/mol. The largest absolute Gasteiger partial charge is 0.344 e. The Morgan fingerprint density at radius 1 is 1.56 bits per heavy atom. The summed E-state index contributed by atoms with van der Waals surface area (Å²) in [5.74, 6) is -0.476. The lowest BCUT2D eigenvalue weighted by molar-refractivity contribution is -0.131. The average Bonchev–Trinajstić information content (AvgIpc) is 2.36. The van der Waals surface area contributed by atoms with E-state index in [1.165, 1.54) is 12.3 Å². The number of carbonyl (C=O) groups is 2. The van der Waals surface area contributed by atoms with Crippen molar-refractivity contribution < 1.29 is 9.59 Å². The molecule has 0 saturated heterocycles. The number of likely N-dealkylation sites (N-methyl/N-ethyl adjacent to an activating group) is 1. The minimum absolute atomic E-state index is 0.133. The Morgan fingerprint density at radius 3 is 2.78 bits per heavy atom. The highest BCUT2D eigenvalue weighted by Crippen LogP contribution is 2.07. The highest BCUT2D eigenvalue weighted by molar-refractivity contribution is 6.29. The maximum absolute atomic E-state index is 11.9. The second-order valence-electron chi connectivity index (χ2n) is 3.91.